The lowest BCUT2D eigenvalue weighted by Gasteiger charge is -2.27. The Kier molecular flexibility index (Phi) is 4.71. The Morgan fingerprint density at radius 2 is 1.96 bits per heavy atom. The zero-order valence-corrected chi connectivity index (χ0v) is 15.2. The number of para-hydroxylation sites is 1. The number of rotatable bonds is 4. The van der Waals surface area contributed by atoms with Gasteiger partial charge in [-0.05, 0) is 35.7 Å². The van der Waals surface area contributed by atoms with Gasteiger partial charge in [-0.25, -0.2) is 0 Å². The number of fused-ring (bicyclic) bond motifs is 2. The normalized spacial score (nSPS) is 18.9. The van der Waals surface area contributed by atoms with Gasteiger partial charge in [-0.1, -0.05) is 31.2 Å². The number of hydrogen-bond donors (Lipinski definition) is 2. The molecule has 0 saturated carbocycles. The van der Waals surface area contributed by atoms with E-state index in [1.165, 1.54) is 0 Å². The van der Waals surface area contributed by atoms with Crippen LogP contribution in [0.1, 0.15) is 42.9 Å². The quantitative estimate of drug-likeness (QED) is 0.871. The highest BCUT2D eigenvalue weighted by atomic mass is 16.6. The van der Waals surface area contributed by atoms with E-state index in [9.17, 15) is 9.59 Å². The second-order valence-corrected chi connectivity index (χ2v) is 6.76. The van der Waals surface area contributed by atoms with E-state index in [1.54, 1.807) is 0 Å². The van der Waals surface area contributed by atoms with Crippen molar-refractivity contribution in [2.75, 3.05) is 18.5 Å². The molecule has 2 heterocycles. The predicted molar refractivity (Wildman–Crippen MR) is 101 cm³/mol. The molecule has 0 spiro atoms. The lowest BCUT2D eigenvalue weighted by atomic mass is 9.89. The standard InChI is InChI=1S/C21H22N2O4/c1-2-16(13-7-8-18-19(11-13)27-10-9-26-18)23-21(25)15-12-20(24)22-17-6-4-3-5-14(15)17/h3-8,11,15-16H,2,9-10,12H2,1H3,(H,22,24)(H,23,25). The molecule has 0 bridgehead atoms. The van der Waals surface area contributed by atoms with Crippen molar-refractivity contribution in [2.45, 2.75) is 31.7 Å². The summed E-state index contributed by atoms with van der Waals surface area (Å²) in [6, 6.07) is 13.0. The summed E-state index contributed by atoms with van der Waals surface area (Å²) in [7, 11) is 0. The molecule has 27 heavy (non-hydrogen) atoms. The molecule has 2 amide bonds. The van der Waals surface area contributed by atoms with E-state index in [-0.39, 0.29) is 24.3 Å². The molecule has 140 valence electrons. The molecule has 2 aromatic rings. The number of benzene rings is 2. The second kappa shape index (κ2) is 7.31. The van der Waals surface area contributed by atoms with Crippen LogP contribution in [0.3, 0.4) is 0 Å². The van der Waals surface area contributed by atoms with Crippen LogP contribution in [-0.2, 0) is 9.59 Å². The first-order valence-electron chi connectivity index (χ1n) is 9.24. The van der Waals surface area contributed by atoms with Gasteiger partial charge >= 0.3 is 0 Å². The maximum absolute atomic E-state index is 13.0. The Hall–Kier alpha value is -3.02. The van der Waals surface area contributed by atoms with Gasteiger partial charge < -0.3 is 20.1 Å². The fraction of sp³-hybridized carbons (Fsp3) is 0.333. The smallest absolute Gasteiger partial charge is 0.228 e. The highest BCUT2D eigenvalue weighted by molar-refractivity contribution is 6.01. The van der Waals surface area contributed by atoms with Gasteiger partial charge in [0.1, 0.15) is 13.2 Å². The third-order valence-corrected chi connectivity index (χ3v) is 5.01. The SMILES string of the molecule is CCC(NC(=O)C1CC(=O)Nc2ccccc21)c1ccc2c(c1)OCCO2. The van der Waals surface area contributed by atoms with Gasteiger partial charge in [-0.2, -0.15) is 0 Å². The molecule has 0 aliphatic carbocycles. The molecule has 0 fully saturated rings. The summed E-state index contributed by atoms with van der Waals surface area (Å²) in [4.78, 5) is 25.0. The van der Waals surface area contributed by atoms with E-state index < -0.39 is 5.92 Å². The second-order valence-electron chi connectivity index (χ2n) is 6.76. The van der Waals surface area contributed by atoms with E-state index >= 15 is 0 Å². The molecule has 0 aromatic heterocycles. The van der Waals surface area contributed by atoms with Crippen LogP contribution >= 0.6 is 0 Å². The Bertz CT molecular complexity index is 880. The lowest BCUT2D eigenvalue weighted by Crippen LogP contribution is -2.37. The monoisotopic (exact) mass is 366 g/mol. The van der Waals surface area contributed by atoms with Crippen molar-refractivity contribution in [1.82, 2.24) is 5.32 Å². The third-order valence-electron chi connectivity index (χ3n) is 5.01. The summed E-state index contributed by atoms with van der Waals surface area (Å²) in [5.74, 6) is 0.666. The molecular formula is C21H22N2O4. The van der Waals surface area contributed by atoms with E-state index in [2.05, 4.69) is 10.6 Å². The molecule has 0 radical (unpaired) electrons. The zero-order valence-electron chi connectivity index (χ0n) is 15.2. The molecule has 2 N–H and O–H groups in total. The van der Waals surface area contributed by atoms with Crippen LogP contribution in [-0.4, -0.2) is 25.0 Å². The minimum atomic E-state index is -0.485. The van der Waals surface area contributed by atoms with Crippen LogP contribution in [0.5, 0.6) is 11.5 Å². The maximum Gasteiger partial charge on any atom is 0.228 e. The highest BCUT2D eigenvalue weighted by Crippen LogP contribution is 2.35. The summed E-state index contributed by atoms with van der Waals surface area (Å²) in [5, 5.41) is 5.93. The van der Waals surface area contributed by atoms with Crippen molar-refractivity contribution in [3.63, 3.8) is 0 Å². The summed E-state index contributed by atoms with van der Waals surface area (Å²) in [6.45, 7) is 3.08. The molecular weight excluding hydrogens is 344 g/mol. The molecule has 2 aliphatic heterocycles. The molecule has 2 unspecified atom stereocenters. The zero-order chi connectivity index (χ0) is 18.8. The van der Waals surface area contributed by atoms with Gasteiger partial charge in [-0.15, -0.1) is 0 Å². The van der Waals surface area contributed by atoms with Gasteiger partial charge in [0.05, 0.1) is 12.0 Å². The number of hydrogen-bond acceptors (Lipinski definition) is 4. The van der Waals surface area contributed by atoms with Gasteiger partial charge in [-0.3, -0.25) is 9.59 Å². The minimum Gasteiger partial charge on any atom is -0.486 e. The average Bonchev–Trinajstić information content (AvgIpc) is 2.70. The van der Waals surface area contributed by atoms with Gasteiger partial charge in [0.15, 0.2) is 11.5 Å². The molecule has 6 nitrogen and oxygen atoms in total. The molecule has 2 aliphatic rings. The summed E-state index contributed by atoms with van der Waals surface area (Å²) < 4.78 is 11.2. The summed E-state index contributed by atoms with van der Waals surface area (Å²) in [5.41, 5.74) is 2.52. The van der Waals surface area contributed by atoms with E-state index in [1.807, 2.05) is 49.4 Å². The summed E-state index contributed by atoms with van der Waals surface area (Å²) >= 11 is 0. The number of anilines is 1. The topological polar surface area (TPSA) is 76.7 Å². The van der Waals surface area contributed by atoms with Crippen molar-refractivity contribution in [2.24, 2.45) is 0 Å². The minimum absolute atomic E-state index is 0.138. The van der Waals surface area contributed by atoms with Crippen LogP contribution in [0.15, 0.2) is 42.5 Å². The average molecular weight is 366 g/mol. The molecule has 4 rings (SSSR count). The summed E-state index contributed by atoms with van der Waals surface area (Å²) in [6.07, 6.45) is 0.881. The first-order valence-corrected chi connectivity index (χ1v) is 9.24. The largest absolute Gasteiger partial charge is 0.486 e. The number of ether oxygens (including phenoxy) is 2. The molecule has 6 heteroatoms. The van der Waals surface area contributed by atoms with Crippen LogP contribution in [0.25, 0.3) is 0 Å². The van der Waals surface area contributed by atoms with Gasteiger partial charge in [0.25, 0.3) is 0 Å². The van der Waals surface area contributed by atoms with Crippen molar-refractivity contribution < 1.29 is 19.1 Å². The number of nitrogens with one attached hydrogen (secondary N) is 2. The molecule has 2 aromatic carbocycles. The first-order chi connectivity index (χ1) is 13.2. The van der Waals surface area contributed by atoms with Crippen molar-refractivity contribution >= 4 is 17.5 Å². The van der Waals surface area contributed by atoms with E-state index in [4.69, 9.17) is 9.47 Å². The Morgan fingerprint density at radius 1 is 1.19 bits per heavy atom. The van der Waals surface area contributed by atoms with E-state index in [0.717, 1.165) is 23.3 Å². The number of carbonyl (C=O) groups is 2. The number of amides is 2. The third kappa shape index (κ3) is 3.47. The van der Waals surface area contributed by atoms with Crippen LogP contribution in [0.2, 0.25) is 0 Å². The predicted octanol–water partition coefficient (Wildman–Crippen LogP) is 3.15. The van der Waals surface area contributed by atoms with Gasteiger partial charge in [0.2, 0.25) is 11.8 Å². The fourth-order valence-electron chi connectivity index (χ4n) is 3.62. The van der Waals surface area contributed by atoms with Crippen LogP contribution in [0.4, 0.5) is 5.69 Å². The van der Waals surface area contributed by atoms with Crippen LogP contribution in [0, 0.1) is 0 Å². The number of carbonyl (C=O) groups excluding carboxylic acids is 2. The van der Waals surface area contributed by atoms with Crippen molar-refractivity contribution in [1.29, 1.82) is 0 Å². The molecule has 2 atom stereocenters. The molecule has 0 saturated heterocycles. The van der Waals surface area contributed by atoms with Crippen molar-refractivity contribution in [3.8, 4) is 11.5 Å². The van der Waals surface area contributed by atoms with E-state index in [0.29, 0.717) is 24.7 Å². The Labute approximate surface area is 157 Å². The Balaban J connectivity index is 1.55. The first kappa shape index (κ1) is 17.4. The highest BCUT2D eigenvalue weighted by Gasteiger charge is 2.31. The maximum atomic E-state index is 13.0. The Morgan fingerprint density at radius 3 is 2.78 bits per heavy atom. The van der Waals surface area contributed by atoms with Gasteiger partial charge in [0, 0.05) is 12.1 Å². The van der Waals surface area contributed by atoms with Crippen LogP contribution < -0.4 is 20.1 Å². The van der Waals surface area contributed by atoms with Crippen molar-refractivity contribution in [3.05, 3.63) is 53.6 Å². The fourth-order valence-corrected chi connectivity index (χ4v) is 3.62. The lowest BCUT2D eigenvalue weighted by molar-refractivity contribution is -0.126.